The molecule has 0 aliphatic heterocycles. The van der Waals surface area contributed by atoms with Crippen LogP contribution in [0.15, 0.2) is 24.5 Å². The van der Waals surface area contributed by atoms with E-state index in [2.05, 4.69) is 10.1 Å². The fourth-order valence-electron chi connectivity index (χ4n) is 1.01. The summed E-state index contributed by atoms with van der Waals surface area (Å²) >= 11 is 0. The normalized spacial score (nSPS) is 12.7. The van der Waals surface area contributed by atoms with Gasteiger partial charge in [-0.2, -0.15) is 0 Å². The molecule has 0 aliphatic rings. The Morgan fingerprint density at radius 1 is 1.33 bits per heavy atom. The third kappa shape index (κ3) is 3.88. The van der Waals surface area contributed by atoms with Gasteiger partial charge in [-0.3, -0.25) is 4.98 Å². The second-order valence-electron chi connectivity index (χ2n) is 3.06. The Morgan fingerprint density at radius 2 is 1.87 bits per heavy atom. The highest BCUT2D eigenvalue weighted by Gasteiger charge is 2.32. The molecular formula is C8H10F2N2O2S. The van der Waals surface area contributed by atoms with Crippen LogP contribution in [-0.2, 0) is 15.9 Å². The van der Waals surface area contributed by atoms with Crippen LogP contribution in [0.25, 0.3) is 0 Å². The Morgan fingerprint density at radius 3 is 2.33 bits per heavy atom. The number of nitrogens with two attached hydrogens (primary N) is 1. The number of hydrogen-bond acceptors (Lipinski definition) is 3. The molecule has 84 valence electrons. The molecule has 0 radical (unpaired) electrons. The van der Waals surface area contributed by atoms with Crippen molar-refractivity contribution < 1.29 is 17.2 Å². The predicted molar refractivity (Wildman–Crippen MR) is 50.7 cm³/mol. The van der Waals surface area contributed by atoms with E-state index in [1.165, 1.54) is 12.4 Å². The van der Waals surface area contributed by atoms with Crippen molar-refractivity contribution in [2.75, 3.05) is 5.75 Å². The molecule has 2 N–H and O–H groups in total. The number of alkyl halides is 2. The Balaban J connectivity index is 2.76. The number of aromatic nitrogens is 1. The van der Waals surface area contributed by atoms with Crippen LogP contribution >= 0.6 is 0 Å². The van der Waals surface area contributed by atoms with Gasteiger partial charge >= 0.3 is 0 Å². The quantitative estimate of drug-likeness (QED) is 0.842. The minimum absolute atomic E-state index is 0.263. The first kappa shape index (κ1) is 12.0. The molecule has 0 saturated heterocycles. The molecule has 0 atom stereocenters. The van der Waals surface area contributed by atoms with Gasteiger partial charge in [0.1, 0.15) is 0 Å². The van der Waals surface area contributed by atoms with Gasteiger partial charge in [0.2, 0.25) is 10.0 Å². The first-order valence-corrected chi connectivity index (χ1v) is 5.82. The monoisotopic (exact) mass is 236 g/mol. The van der Waals surface area contributed by atoms with Crippen molar-refractivity contribution in [1.82, 2.24) is 4.98 Å². The summed E-state index contributed by atoms with van der Waals surface area (Å²) in [6.07, 6.45) is 1.62. The molecule has 0 amide bonds. The summed E-state index contributed by atoms with van der Waals surface area (Å²) in [5.41, 5.74) is -0.263. The third-order valence-corrected chi connectivity index (χ3v) is 2.58. The van der Waals surface area contributed by atoms with Gasteiger partial charge in [-0.1, -0.05) is 0 Å². The number of halogens is 2. The van der Waals surface area contributed by atoms with Crippen molar-refractivity contribution >= 4 is 10.0 Å². The summed E-state index contributed by atoms with van der Waals surface area (Å²) in [4.78, 5) is 3.59. The molecule has 0 spiro atoms. The van der Waals surface area contributed by atoms with Gasteiger partial charge in [-0.05, 0) is 12.1 Å². The van der Waals surface area contributed by atoms with E-state index in [1.54, 1.807) is 0 Å². The molecule has 4 nitrogen and oxygen atoms in total. The number of primary sulfonamides is 1. The summed E-state index contributed by atoms with van der Waals surface area (Å²) in [6.45, 7) is 0. The first-order chi connectivity index (χ1) is 6.81. The minimum atomic E-state index is -3.86. The molecule has 0 unspecified atom stereocenters. The molecule has 1 heterocycles. The molecule has 1 aromatic heterocycles. The topological polar surface area (TPSA) is 73.1 Å². The van der Waals surface area contributed by atoms with E-state index >= 15 is 0 Å². The van der Waals surface area contributed by atoms with Crippen molar-refractivity contribution in [1.29, 1.82) is 0 Å². The summed E-state index contributed by atoms with van der Waals surface area (Å²) in [5.74, 6) is -3.95. The van der Waals surface area contributed by atoms with E-state index in [4.69, 9.17) is 0 Å². The fourth-order valence-corrected chi connectivity index (χ4v) is 1.55. The molecule has 0 bridgehead atoms. The maximum absolute atomic E-state index is 13.3. The molecule has 0 aromatic carbocycles. The predicted octanol–water partition coefficient (Wildman–Crippen LogP) is 0.852. The van der Waals surface area contributed by atoms with Crippen LogP contribution in [0.1, 0.15) is 12.0 Å². The molecule has 1 aromatic rings. The molecule has 0 saturated carbocycles. The fraction of sp³-hybridized carbons (Fsp3) is 0.375. The second-order valence-corrected chi connectivity index (χ2v) is 4.79. The highest BCUT2D eigenvalue weighted by Crippen LogP contribution is 2.31. The van der Waals surface area contributed by atoms with Crippen LogP contribution in [0, 0.1) is 0 Å². The van der Waals surface area contributed by atoms with Crippen molar-refractivity contribution in [3.05, 3.63) is 30.1 Å². The van der Waals surface area contributed by atoms with Crippen LogP contribution in [-0.4, -0.2) is 19.2 Å². The van der Waals surface area contributed by atoms with Crippen LogP contribution in [0.4, 0.5) is 8.78 Å². The van der Waals surface area contributed by atoms with Crippen LogP contribution < -0.4 is 5.14 Å². The van der Waals surface area contributed by atoms with Crippen molar-refractivity contribution in [3.63, 3.8) is 0 Å². The Kier molecular flexibility index (Phi) is 3.35. The van der Waals surface area contributed by atoms with Gasteiger partial charge in [0, 0.05) is 24.4 Å². The summed E-state index contributed by atoms with van der Waals surface area (Å²) in [6, 6.07) is 2.28. The molecule has 0 aliphatic carbocycles. The van der Waals surface area contributed by atoms with E-state index < -0.39 is 28.1 Å². The lowest BCUT2D eigenvalue weighted by atomic mass is 10.1. The number of sulfonamides is 1. The Hall–Kier alpha value is -1.08. The lowest BCUT2D eigenvalue weighted by Crippen LogP contribution is -2.23. The van der Waals surface area contributed by atoms with Gasteiger partial charge in [-0.15, -0.1) is 0 Å². The SMILES string of the molecule is NS(=O)(=O)CCC(F)(F)c1ccncc1. The zero-order chi connectivity index (χ0) is 11.5. The second kappa shape index (κ2) is 4.19. The number of pyridine rings is 1. The lowest BCUT2D eigenvalue weighted by Gasteiger charge is -2.15. The van der Waals surface area contributed by atoms with Crippen LogP contribution in [0.3, 0.4) is 0 Å². The van der Waals surface area contributed by atoms with E-state index in [0.29, 0.717) is 0 Å². The van der Waals surface area contributed by atoms with Crippen molar-refractivity contribution in [3.8, 4) is 0 Å². The number of hydrogen-bond donors (Lipinski definition) is 1. The third-order valence-electron chi connectivity index (χ3n) is 1.80. The summed E-state index contributed by atoms with van der Waals surface area (Å²) in [7, 11) is -3.86. The van der Waals surface area contributed by atoms with Crippen LogP contribution in [0.5, 0.6) is 0 Å². The average Bonchev–Trinajstić information content (AvgIpc) is 2.16. The smallest absolute Gasteiger partial charge is 0.265 e. The molecule has 1 rings (SSSR count). The minimum Gasteiger partial charge on any atom is -0.265 e. The van der Waals surface area contributed by atoms with Gasteiger partial charge in [0.05, 0.1) is 5.75 Å². The number of nitrogens with zero attached hydrogens (tertiary/aromatic N) is 1. The van der Waals surface area contributed by atoms with Gasteiger partial charge in [0.15, 0.2) is 0 Å². The molecule has 15 heavy (non-hydrogen) atoms. The van der Waals surface area contributed by atoms with Gasteiger partial charge < -0.3 is 0 Å². The van der Waals surface area contributed by atoms with Crippen LogP contribution in [0.2, 0.25) is 0 Å². The van der Waals surface area contributed by atoms with Crippen molar-refractivity contribution in [2.45, 2.75) is 12.3 Å². The van der Waals surface area contributed by atoms with E-state index in [1.807, 2.05) is 0 Å². The Labute approximate surface area is 86.2 Å². The van der Waals surface area contributed by atoms with E-state index in [0.717, 1.165) is 12.1 Å². The molecule has 0 fully saturated rings. The lowest BCUT2D eigenvalue weighted by molar-refractivity contribution is -0.00754. The first-order valence-electron chi connectivity index (χ1n) is 4.10. The average molecular weight is 236 g/mol. The summed E-state index contributed by atoms with van der Waals surface area (Å²) < 4.78 is 47.8. The molecule has 7 heteroatoms. The van der Waals surface area contributed by atoms with E-state index in [-0.39, 0.29) is 5.56 Å². The van der Waals surface area contributed by atoms with Gasteiger partial charge in [-0.25, -0.2) is 22.3 Å². The Bertz CT molecular complexity index is 420. The zero-order valence-electron chi connectivity index (χ0n) is 7.73. The highest BCUT2D eigenvalue weighted by atomic mass is 32.2. The van der Waals surface area contributed by atoms with Gasteiger partial charge in [0.25, 0.3) is 5.92 Å². The van der Waals surface area contributed by atoms with Crippen molar-refractivity contribution in [2.24, 2.45) is 5.14 Å². The van der Waals surface area contributed by atoms with E-state index in [9.17, 15) is 17.2 Å². The highest BCUT2D eigenvalue weighted by molar-refractivity contribution is 7.89. The largest absolute Gasteiger partial charge is 0.274 e. The molecular weight excluding hydrogens is 226 g/mol. The zero-order valence-corrected chi connectivity index (χ0v) is 8.55. The maximum Gasteiger partial charge on any atom is 0.274 e. The standard InChI is InChI=1S/C8H10F2N2O2S/c9-8(10,3-6-15(11,13)14)7-1-4-12-5-2-7/h1-2,4-5H,3,6H2,(H2,11,13,14). The maximum atomic E-state index is 13.3. The number of rotatable bonds is 4. The summed E-state index contributed by atoms with van der Waals surface area (Å²) in [5, 5.41) is 4.65.